The first-order valence-electron chi connectivity index (χ1n) is 7.35. The van der Waals surface area contributed by atoms with Crippen LogP contribution in [0.1, 0.15) is 44.2 Å². The van der Waals surface area contributed by atoms with Crippen molar-refractivity contribution < 1.29 is 4.42 Å². The van der Waals surface area contributed by atoms with Crippen LogP contribution in [-0.4, -0.2) is 42.0 Å². The van der Waals surface area contributed by atoms with E-state index in [2.05, 4.69) is 22.8 Å². The SMILES string of the molecule is CC(c1ccoc1)N1CCCC(N2CCCC2)C1. The third-order valence-electron chi connectivity index (χ3n) is 4.66. The molecule has 0 bridgehead atoms. The number of nitrogens with zero attached hydrogens (tertiary/aromatic N) is 2. The van der Waals surface area contributed by atoms with Gasteiger partial charge in [-0.25, -0.2) is 0 Å². The molecular formula is C15H24N2O. The van der Waals surface area contributed by atoms with Crippen molar-refractivity contribution in [1.82, 2.24) is 9.80 Å². The summed E-state index contributed by atoms with van der Waals surface area (Å²) in [5.74, 6) is 0. The molecule has 0 aliphatic carbocycles. The highest BCUT2D eigenvalue weighted by molar-refractivity contribution is 5.11. The number of likely N-dealkylation sites (tertiary alicyclic amines) is 2. The summed E-state index contributed by atoms with van der Waals surface area (Å²) in [6.07, 6.45) is 9.19. The predicted molar refractivity (Wildman–Crippen MR) is 72.5 cm³/mol. The zero-order valence-electron chi connectivity index (χ0n) is 11.3. The Balaban J connectivity index is 1.62. The number of furan rings is 1. The Morgan fingerprint density at radius 3 is 2.78 bits per heavy atom. The summed E-state index contributed by atoms with van der Waals surface area (Å²) < 4.78 is 5.22. The molecule has 0 amide bonds. The van der Waals surface area contributed by atoms with Crippen molar-refractivity contribution >= 4 is 0 Å². The second kappa shape index (κ2) is 5.45. The lowest BCUT2D eigenvalue weighted by molar-refractivity contribution is 0.0885. The first-order chi connectivity index (χ1) is 8.84. The molecule has 0 N–H and O–H groups in total. The van der Waals surface area contributed by atoms with E-state index in [4.69, 9.17) is 4.42 Å². The summed E-state index contributed by atoms with van der Waals surface area (Å²) in [4.78, 5) is 5.32. The number of piperidine rings is 1. The first-order valence-corrected chi connectivity index (χ1v) is 7.35. The largest absolute Gasteiger partial charge is 0.472 e. The van der Waals surface area contributed by atoms with Crippen LogP contribution in [0.15, 0.2) is 23.0 Å². The maximum absolute atomic E-state index is 5.22. The molecule has 2 fully saturated rings. The van der Waals surface area contributed by atoms with Crippen molar-refractivity contribution in [2.24, 2.45) is 0 Å². The molecule has 0 saturated carbocycles. The molecular weight excluding hydrogens is 224 g/mol. The van der Waals surface area contributed by atoms with Crippen LogP contribution in [0, 0.1) is 0 Å². The minimum absolute atomic E-state index is 0.495. The van der Waals surface area contributed by atoms with E-state index in [1.807, 2.05) is 6.26 Å². The number of hydrogen-bond acceptors (Lipinski definition) is 3. The Morgan fingerprint density at radius 2 is 2.06 bits per heavy atom. The van der Waals surface area contributed by atoms with E-state index in [-0.39, 0.29) is 0 Å². The van der Waals surface area contributed by atoms with Gasteiger partial charge >= 0.3 is 0 Å². The molecule has 1 aromatic rings. The number of rotatable bonds is 3. The van der Waals surface area contributed by atoms with Gasteiger partial charge in [0.2, 0.25) is 0 Å². The fourth-order valence-electron chi connectivity index (χ4n) is 3.46. The Kier molecular flexibility index (Phi) is 3.71. The highest BCUT2D eigenvalue weighted by Gasteiger charge is 2.29. The summed E-state index contributed by atoms with van der Waals surface area (Å²) >= 11 is 0. The smallest absolute Gasteiger partial charge is 0.0950 e. The molecule has 1 aromatic heterocycles. The first kappa shape index (κ1) is 12.2. The molecule has 0 radical (unpaired) electrons. The summed E-state index contributed by atoms with van der Waals surface area (Å²) in [5.41, 5.74) is 1.32. The van der Waals surface area contributed by atoms with E-state index in [0.717, 1.165) is 6.04 Å². The van der Waals surface area contributed by atoms with Gasteiger partial charge in [-0.2, -0.15) is 0 Å². The average Bonchev–Trinajstić information content (AvgIpc) is 3.11. The van der Waals surface area contributed by atoms with Gasteiger partial charge in [0.1, 0.15) is 0 Å². The van der Waals surface area contributed by atoms with E-state index in [0.29, 0.717) is 6.04 Å². The highest BCUT2D eigenvalue weighted by Crippen LogP contribution is 2.27. The Hall–Kier alpha value is -0.800. The molecule has 100 valence electrons. The van der Waals surface area contributed by atoms with Crippen LogP contribution < -0.4 is 0 Å². The molecule has 18 heavy (non-hydrogen) atoms. The molecule has 2 aliphatic heterocycles. The van der Waals surface area contributed by atoms with Crippen LogP contribution in [0.5, 0.6) is 0 Å². The predicted octanol–water partition coefficient (Wildman–Crippen LogP) is 2.90. The lowest BCUT2D eigenvalue weighted by Gasteiger charge is -2.40. The zero-order chi connectivity index (χ0) is 12.4. The van der Waals surface area contributed by atoms with Gasteiger partial charge in [0.15, 0.2) is 0 Å². The van der Waals surface area contributed by atoms with Gasteiger partial charge in [-0.1, -0.05) is 0 Å². The molecule has 3 nitrogen and oxygen atoms in total. The monoisotopic (exact) mass is 248 g/mol. The third-order valence-corrected chi connectivity index (χ3v) is 4.66. The molecule has 3 rings (SSSR count). The molecule has 2 atom stereocenters. The lowest BCUT2D eigenvalue weighted by Crippen LogP contribution is -2.47. The van der Waals surface area contributed by atoms with Gasteiger partial charge in [-0.3, -0.25) is 9.80 Å². The Morgan fingerprint density at radius 1 is 1.22 bits per heavy atom. The Bertz CT molecular complexity index is 357. The second-order valence-corrected chi connectivity index (χ2v) is 5.77. The van der Waals surface area contributed by atoms with Crippen LogP contribution in [0.25, 0.3) is 0 Å². The van der Waals surface area contributed by atoms with Gasteiger partial charge in [0.05, 0.1) is 12.5 Å². The van der Waals surface area contributed by atoms with Crippen molar-refractivity contribution in [3.63, 3.8) is 0 Å². The van der Waals surface area contributed by atoms with E-state index >= 15 is 0 Å². The van der Waals surface area contributed by atoms with E-state index in [1.165, 1.54) is 57.4 Å². The van der Waals surface area contributed by atoms with Gasteiger partial charge in [0.25, 0.3) is 0 Å². The minimum atomic E-state index is 0.495. The fourth-order valence-corrected chi connectivity index (χ4v) is 3.46. The van der Waals surface area contributed by atoms with Crippen LogP contribution in [0.3, 0.4) is 0 Å². The van der Waals surface area contributed by atoms with Gasteiger partial charge in [0, 0.05) is 24.2 Å². The van der Waals surface area contributed by atoms with Gasteiger partial charge in [-0.15, -0.1) is 0 Å². The van der Waals surface area contributed by atoms with Crippen molar-refractivity contribution in [2.75, 3.05) is 26.2 Å². The van der Waals surface area contributed by atoms with Crippen molar-refractivity contribution in [3.8, 4) is 0 Å². The maximum Gasteiger partial charge on any atom is 0.0950 e. The summed E-state index contributed by atoms with van der Waals surface area (Å²) in [6, 6.07) is 3.38. The molecule has 2 saturated heterocycles. The van der Waals surface area contributed by atoms with Crippen LogP contribution in [-0.2, 0) is 0 Å². The molecule has 0 spiro atoms. The summed E-state index contributed by atoms with van der Waals surface area (Å²) in [7, 11) is 0. The number of hydrogen-bond donors (Lipinski definition) is 0. The molecule has 3 heteroatoms. The normalized spacial score (nSPS) is 28.6. The minimum Gasteiger partial charge on any atom is -0.472 e. The molecule has 2 aliphatic rings. The summed E-state index contributed by atoms with van der Waals surface area (Å²) in [6.45, 7) is 7.40. The topological polar surface area (TPSA) is 19.6 Å². The van der Waals surface area contributed by atoms with E-state index in [9.17, 15) is 0 Å². The third kappa shape index (κ3) is 2.47. The van der Waals surface area contributed by atoms with E-state index < -0.39 is 0 Å². The van der Waals surface area contributed by atoms with Gasteiger partial charge < -0.3 is 4.42 Å². The van der Waals surface area contributed by atoms with Gasteiger partial charge in [-0.05, 0) is 58.3 Å². The molecule has 0 aromatic carbocycles. The van der Waals surface area contributed by atoms with Crippen molar-refractivity contribution in [1.29, 1.82) is 0 Å². The molecule has 3 heterocycles. The standard InChI is InChI=1S/C15H24N2O/c1-13(14-6-10-18-12-14)17-9-4-5-15(11-17)16-7-2-3-8-16/h6,10,12-13,15H,2-5,7-9,11H2,1H3. The van der Waals surface area contributed by atoms with Crippen LogP contribution in [0.2, 0.25) is 0 Å². The zero-order valence-corrected chi connectivity index (χ0v) is 11.3. The quantitative estimate of drug-likeness (QED) is 0.820. The lowest BCUT2D eigenvalue weighted by atomic mass is 10.0. The Labute approximate surface area is 110 Å². The van der Waals surface area contributed by atoms with Crippen LogP contribution >= 0.6 is 0 Å². The summed E-state index contributed by atoms with van der Waals surface area (Å²) in [5, 5.41) is 0. The van der Waals surface area contributed by atoms with Crippen LogP contribution in [0.4, 0.5) is 0 Å². The maximum atomic E-state index is 5.22. The second-order valence-electron chi connectivity index (χ2n) is 5.77. The average molecular weight is 248 g/mol. The van der Waals surface area contributed by atoms with Crippen molar-refractivity contribution in [3.05, 3.63) is 24.2 Å². The van der Waals surface area contributed by atoms with Crippen molar-refractivity contribution in [2.45, 2.75) is 44.7 Å². The van der Waals surface area contributed by atoms with E-state index in [1.54, 1.807) is 6.26 Å². The molecule has 2 unspecified atom stereocenters. The highest BCUT2D eigenvalue weighted by atomic mass is 16.3. The fraction of sp³-hybridized carbons (Fsp3) is 0.733.